The highest BCUT2D eigenvalue weighted by Gasteiger charge is 2.38. The third kappa shape index (κ3) is 2.02. The Kier molecular flexibility index (Phi) is 2.64. The number of fused-ring (bicyclic) bond motifs is 1. The van der Waals surface area contributed by atoms with Gasteiger partial charge in [-0.3, -0.25) is 4.79 Å². The molecule has 3 nitrogen and oxygen atoms in total. The van der Waals surface area contributed by atoms with E-state index in [0.717, 1.165) is 16.9 Å². The lowest BCUT2D eigenvalue weighted by Crippen LogP contribution is -2.33. The molecule has 1 aliphatic heterocycles. The van der Waals surface area contributed by atoms with Gasteiger partial charge in [0.2, 0.25) is 0 Å². The molecule has 17 heavy (non-hydrogen) atoms. The van der Waals surface area contributed by atoms with Crippen molar-refractivity contribution in [1.82, 2.24) is 0 Å². The third-order valence-electron chi connectivity index (χ3n) is 3.54. The zero-order valence-electron chi connectivity index (χ0n) is 10.8. The molecule has 2 rings (SSSR count). The topological polar surface area (TPSA) is 46.5 Å². The number of benzene rings is 1. The minimum Gasteiger partial charge on any atom is -0.486 e. The first-order chi connectivity index (χ1) is 7.82. The number of ether oxygens (including phenoxy) is 1. The average Bonchev–Trinajstić information content (AvgIpc) is 2.52. The van der Waals surface area contributed by atoms with Crippen molar-refractivity contribution >= 4 is 5.97 Å². The van der Waals surface area contributed by atoms with Crippen LogP contribution in [0, 0.1) is 20.8 Å². The Morgan fingerprint density at radius 3 is 2.65 bits per heavy atom. The average molecular weight is 234 g/mol. The maximum absolute atomic E-state index is 10.9. The van der Waals surface area contributed by atoms with Crippen molar-refractivity contribution < 1.29 is 14.6 Å². The quantitative estimate of drug-likeness (QED) is 0.855. The van der Waals surface area contributed by atoms with E-state index in [-0.39, 0.29) is 6.42 Å². The highest BCUT2D eigenvalue weighted by molar-refractivity contribution is 5.69. The van der Waals surface area contributed by atoms with Crippen LogP contribution in [0.2, 0.25) is 0 Å². The molecule has 0 aromatic heterocycles. The Balaban J connectivity index is 2.42. The van der Waals surface area contributed by atoms with Gasteiger partial charge in [-0.1, -0.05) is 6.07 Å². The summed E-state index contributed by atoms with van der Waals surface area (Å²) in [5.74, 6) is 0.0820. The van der Waals surface area contributed by atoms with Crippen molar-refractivity contribution in [3.8, 4) is 5.75 Å². The predicted molar refractivity (Wildman–Crippen MR) is 65.6 cm³/mol. The highest BCUT2D eigenvalue weighted by Crippen LogP contribution is 2.42. The SMILES string of the molecule is Cc1cc(C)c2c(c1C)O[C@](C)(CC(=O)O)C2. The Bertz CT molecular complexity index is 491. The summed E-state index contributed by atoms with van der Waals surface area (Å²) in [7, 11) is 0. The van der Waals surface area contributed by atoms with Crippen LogP contribution in [0.5, 0.6) is 5.75 Å². The van der Waals surface area contributed by atoms with Gasteiger partial charge in [-0.25, -0.2) is 0 Å². The first-order valence-corrected chi connectivity index (χ1v) is 5.83. The Morgan fingerprint density at radius 2 is 2.06 bits per heavy atom. The molecule has 0 unspecified atom stereocenters. The van der Waals surface area contributed by atoms with E-state index in [4.69, 9.17) is 9.84 Å². The Morgan fingerprint density at radius 1 is 1.41 bits per heavy atom. The summed E-state index contributed by atoms with van der Waals surface area (Å²) >= 11 is 0. The number of carboxylic acids is 1. The molecular formula is C14H18O3. The number of carbonyl (C=O) groups is 1. The molecule has 1 heterocycles. The van der Waals surface area contributed by atoms with Crippen molar-refractivity contribution in [3.63, 3.8) is 0 Å². The molecule has 92 valence electrons. The van der Waals surface area contributed by atoms with Gasteiger partial charge in [0.15, 0.2) is 0 Å². The summed E-state index contributed by atoms with van der Waals surface area (Å²) in [5, 5.41) is 8.93. The summed E-state index contributed by atoms with van der Waals surface area (Å²) in [6.45, 7) is 8.01. The molecule has 0 saturated carbocycles. The van der Waals surface area contributed by atoms with E-state index >= 15 is 0 Å². The number of aryl methyl sites for hydroxylation is 2. The van der Waals surface area contributed by atoms with E-state index in [0.29, 0.717) is 6.42 Å². The lowest BCUT2D eigenvalue weighted by Gasteiger charge is -2.22. The molecule has 0 radical (unpaired) electrons. The second kappa shape index (κ2) is 3.76. The largest absolute Gasteiger partial charge is 0.486 e. The van der Waals surface area contributed by atoms with Crippen LogP contribution in [0.1, 0.15) is 35.6 Å². The Labute approximate surface area is 101 Å². The van der Waals surface area contributed by atoms with Crippen LogP contribution in [0.15, 0.2) is 6.07 Å². The molecule has 0 aliphatic carbocycles. The summed E-state index contributed by atoms with van der Waals surface area (Å²) in [4.78, 5) is 10.9. The minimum absolute atomic E-state index is 0.0413. The number of aliphatic carboxylic acids is 1. The third-order valence-corrected chi connectivity index (χ3v) is 3.54. The molecule has 0 spiro atoms. The molecule has 1 aromatic carbocycles. The standard InChI is InChI=1S/C14H18O3/c1-8-5-9(2)11-6-14(4,7-12(15)16)17-13(11)10(8)3/h5H,6-7H2,1-4H3,(H,15,16)/t14-/m0/s1. The maximum Gasteiger partial charge on any atom is 0.307 e. The first kappa shape index (κ1) is 12.0. The lowest BCUT2D eigenvalue weighted by atomic mass is 9.92. The number of hydrogen-bond acceptors (Lipinski definition) is 2. The van der Waals surface area contributed by atoms with Crippen LogP contribution in [0.4, 0.5) is 0 Å². The Hall–Kier alpha value is -1.51. The van der Waals surface area contributed by atoms with Crippen LogP contribution in [-0.4, -0.2) is 16.7 Å². The molecule has 0 bridgehead atoms. The van der Waals surface area contributed by atoms with E-state index in [1.54, 1.807) is 0 Å². The first-order valence-electron chi connectivity index (χ1n) is 5.83. The van der Waals surface area contributed by atoms with Gasteiger partial charge in [0.05, 0.1) is 6.42 Å². The van der Waals surface area contributed by atoms with E-state index in [1.807, 2.05) is 13.8 Å². The number of hydrogen-bond donors (Lipinski definition) is 1. The monoisotopic (exact) mass is 234 g/mol. The molecule has 1 aromatic rings. The maximum atomic E-state index is 10.9. The molecule has 1 atom stereocenters. The molecule has 1 aliphatic rings. The normalized spacial score (nSPS) is 22.1. The number of carboxylic acid groups (broad SMARTS) is 1. The zero-order valence-corrected chi connectivity index (χ0v) is 10.8. The van der Waals surface area contributed by atoms with Crippen molar-refractivity contribution in [2.24, 2.45) is 0 Å². The summed E-state index contributed by atoms with van der Waals surface area (Å²) in [5.41, 5.74) is 4.08. The summed E-state index contributed by atoms with van der Waals surface area (Å²) < 4.78 is 5.92. The van der Waals surface area contributed by atoms with E-state index in [2.05, 4.69) is 19.9 Å². The van der Waals surface area contributed by atoms with Gasteiger partial charge in [0, 0.05) is 12.0 Å². The van der Waals surface area contributed by atoms with E-state index in [9.17, 15) is 4.79 Å². The van der Waals surface area contributed by atoms with Gasteiger partial charge in [-0.05, 0) is 44.4 Å². The van der Waals surface area contributed by atoms with Gasteiger partial charge in [0.1, 0.15) is 11.4 Å². The second-order valence-corrected chi connectivity index (χ2v) is 5.24. The van der Waals surface area contributed by atoms with Gasteiger partial charge in [-0.15, -0.1) is 0 Å². The van der Waals surface area contributed by atoms with Crippen molar-refractivity contribution in [1.29, 1.82) is 0 Å². The van der Waals surface area contributed by atoms with Crippen LogP contribution < -0.4 is 4.74 Å². The summed E-state index contributed by atoms with van der Waals surface area (Å²) in [6.07, 6.45) is 0.723. The van der Waals surface area contributed by atoms with Crippen molar-refractivity contribution in [2.45, 2.75) is 46.1 Å². The van der Waals surface area contributed by atoms with Crippen LogP contribution in [-0.2, 0) is 11.2 Å². The van der Waals surface area contributed by atoms with Crippen LogP contribution >= 0.6 is 0 Å². The second-order valence-electron chi connectivity index (χ2n) is 5.24. The van der Waals surface area contributed by atoms with Gasteiger partial charge >= 0.3 is 5.97 Å². The van der Waals surface area contributed by atoms with Crippen molar-refractivity contribution in [2.75, 3.05) is 0 Å². The van der Waals surface area contributed by atoms with Gasteiger partial charge in [0.25, 0.3) is 0 Å². The molecular weight excluding hydrogens is 216 g/mol. The molecule has 0 saturated heterocycles. The van der Waals surface area contributed by atoms with E-state index in [1.165, 1.54) is 11.1 Å². The summed E-state index contributed by atoms with van der Waals surface area (Å²) in [6, 6.07) is 2.14. The number of rotatable bonds is 2. The zero-order chi connectivity index (χ0) is 12.8. The smallest absolute Gasteiger partial charge is 0.307 e. The fraction of sp³-hybridized carbons (Fsp3) is 0.500. The fourth-order valence-corrected chi connectivity index (χ4v) is 2.54. The minimum atomic E-state index is -0.813. The van der Waals surface area contributed by atoms with Crippen LogP contribution in [0.3, 0.4) is 0 Å². The fourth-order valence-electron chi connectivity index (χ4n) is 2.54. The van der Waals surface area contributed by atoms with E-state index < -0.39 is 11.6 Å². The van der Waals surface area contributed by atoms with Crippen LogP contribution in [0.25, 0.3) is 0 Å². The highest BCUT2D eigenvalue weighted by atomic mass is 16.5. The molecule has 0 amide bonds. The van der Waals surface area contributed by atoms with Gasteiger partial charge in [-0.2, -0.15) is 0 Å². The molecule has 0 fully saturated rings. The van der Waals surface area contributed by atoms with Gasteiger partial charge < -0.3 is 9.84 Å². The predicted octanol–water partition coefficient (Wildman–Crippen LogP) is 2.78. The molecule has 1 N–H and O–H groups in total. The molecule has 3 heteroatoms. The lowest BCUT2D eigenvalue weighted by molar-refractivity contribution is -0.140. The van der Waals surface area contributed by atoms with Crippen molar-refractivity contribution in [3.05, 3.63) is 28.3 Å².